The zero-order valence-electron chi connectivity index (χ0n) is 10.2. The summed E-state index contributed by atoms with van der Waals surface area (Å²) in [5.41, 5.74) is 1.47. The molecule has 2 aromatic carbocycles. The SMILES string of the molecule is Clc1ccc(Nc2ccc(Cl)cc2Cl)c(Cl)c1.O=[N+]([O-])O. The molecule has 0 saturated heterocycles. The van der Waals surface area contributed by atoms with Crippen LogP contribution in [0.4, 0.5) is 11.4 Å². The Hall–Kier alpha value is -1.40. The molecule has 0 aliphatic rings. The smallest absolute Gasteiger partial charge is 0.291 e. The van der Waals surface area contributed by atoms with Gasteiger partial charge in [0.2, 0.25) is 0 Å². The van der Waals surface area contributed by atoms with Gasteiger partial charge in [-0.15, -0.1) is 10.1 Å². The molecule has 0 atom stereocenters. The van der Waals surface area contributed by atoms with E-state index in [-0.39, 0.29) is 0 Å². The summed E-state index contributed by atoms with van der Waals surface area (Å²) < 4.78 is 0. The Bertz CT molecular complexity index is 599. The van der Waals surface area contributed by atoms with Gasteiger partial charge in [-0.25, -0.2) is 0 Å². The summed E-state index contributed by atoms with van der Waals surface area (Å²) in [4.78, 5) is 8.36. The molecule has 0 aliphatic heterocycles. The predicted molar refractivity (Wildman–Crippen MR) is 85.0 cm³/mol. The van der Waals surface area contributed by atoms with Crippen molar-refractivity contribution in [2.45, 2.75) is 0 Å². The average molecular weight is 370 g/mol. The minimum atomic E-state index is -1.50. The van der Waals surface area contributed by atoms with E-state index in [0.717, 1.165) is 11.4 Å². The Kier molecular flexibility index (Phi) is 6.84. The zero-order chi connectivity index (χ0) is 16.0. The molecule has 21 heavy (non-hydrogen) atoms. The van der Waals surface area contributed by atoms with Crippen molar-refractivity contribution in [3.63, 3.8) is 0 Å². The maximum atomic E-state index is 8.36. The summed E-state index contributed by atoms with van der Waals surface area (Å²) in [6.07, 6.45) is 0. The van der Waals surface area contributed by atoms with Crippen molar-refractivity contribution in [3.8, 4) is 0 Å². The number of hydrogen-bond acceptors (Lipinski definition) is 3. The third-order valence-corrected chi connectivity index (χ3v) is 3.23. The number of hydrogen-bond donors (Lipinski definition) is 2. The first-order chi connectivity index (χ1) is 9.79. The molecule has 5 nitrogen and oxygen atoms in total. The molecule has 2 aromatic rings. The van der Waals surface area contributed by atoms with Crippen molar-refractivity contribution in [3.05, 3.63) is 66.6 Å². The Morgan fingerprint density at radius 3 is 1.52 bits per heavy atom. The molecule has 2 rings (SSSR count). The second-order valence-corrected chi connectivity index (χ2v) is 5.30. The molecule has 0 unspecified atom stereocenters. The molecule has 0 heterocycles. The minimum absolute atomic E-state index is 0.531. The maximum absolute atomic E-state index is 8.36. The van der Waals surface area contributed by atoms with Crippen LogP contribution < -0.4 is 5.32 Å². The van der Waals surface area contributed by atoms with Gasteiger partial charge in [-0.3, -0.25) is 0 Å². The van der Waals surface area contributed by atoms with Crippen molar-refractivity contribution >= 4 is 57.8 Å². The number of nitrogens with one attached hydrogen (secondary N) is 1. The van der Waals surface area contributed by atoms with Crippen LogP contribution in [-0.2, 0) is 0 Å². The quantitative estimate of drug-likeness (QED) is 0.526. The van der Waals surface area contributed by atoms with Crippen LogP contribution in [0.15, 0.2) is 36.4 Å². The van der Waals surface area contributed by atoms with E-state index in [0.29, 0.717) is 20.1 Å². The van der Waals surface area contributed by atoms with Crippen LogP contribution in [-0.4, -0.2) is 10.3 Å². The lowest BCUT2D eigenvalue weighted by molar-refractivity contribution is -0.742. The van der Waals surface area contributed by atoms with E-state index in [2.05, 4.69) is 5.32 Å². The molecule has 0 spiro atoms. The molecule has 0 saturated carbocycles. The van der Waals surface area contributed by atoms with Gasteiger partial charge in [0.1, 0.15) is 0 Å². The number of halogens is 4. The van der Waals surface area contributed by atoms with E-state index >= 15 is 0 Å². The van der Waals surface area contributed by atoms with Gasteiger partial charge in [0.05, 0.1) is 21.4 Å². The average Bonchev–Trinajstić information content (AvgIpc) is 2.35. The molecular weight excluding hydrogens is 362 g/mol. The maximum Gasteiger partial charge on any atom is 0.291 e. The molecule has 2 N–H and O–H groups in total. The number of nitrogens with zero attached hydrogens (tertiary/aromatic N) is 1. The first kappa shape index (κ1) is 17.7. The molecule has 0 aromatic heterocycles. The molecular formula is C12H8Cl4N2O3. The van der Waals surface area contributed by atoms with Gasteiger partial charge in [0, 0.05) is 10.0 Å². The van der Waals surface area contributed by atoms with Gasteiger partial charge in [0.15, 0.2) is 0 Å². The lowest BCUT2D eigenvalue weighted by atomic mass is 10.2. The molecule has 0 amide bonds. The van der Waals surface area contributed by atoms with Crippen molar-refractivity contribution < 1.29 is 10.3 Å². The molecule has 0 fully saturated rings. The number of rotatable bonds is 2. The predicted octanol–water partition coefficient (Wildman–Crippen LogP) is 5.70. The third kappa shape index (κ3) is 6.27. The first-order valence-electron chi connectivity index (χ1n) is 5.30. The highest BCUT2D eigenvalue weighted by atomic mass is 35.5. The van der Waals surface area contributed by atoms with Gasteiger partial charge in [0.25, 0.3) is 5.09 Å². The van der Waals surface area contributed by atoms with Gasteiger partial charge < -0.3 is 10.5 Å². The van der Waals surface area contributed by atoms with Crippen LogP contribution in [0.25, 0.3) is 0 Å². The number of anilines is 2. The summed E-state index contributed by atoms with van der Waals surface area (Å²) in [6.45, 7) is 0. The summed E-state index contributed by atoms with van der Waals surface area (Å²) in [6, 6.07) is 10.4. The van der Waals surface area contributed by atoms with Gasteiger partial charge in [-0.2, -0.15) is 0 Å². The molecule has 112 valence electrons. The van der Waals surface area contributed by atoms with Crippen LogP contribution in [0.1, 0.15) is 0 Å². The van der Waals surface area contributed by atoms with E-state index in [1.165, 1.54) is 0 Å². The van der Waals surface area contributed by atoms with Crippen molar-refractivity contribution in [2.24, 2.45) is 0 Å². The van der Waals surface area contributed by atoms with Gasteiger partial charge >= 0.3 is 0 Å². The lowest BCUT2D eigenvalue weighted by Crippen LogP contribution is -1.91. The van der Waals surface area contributed by atoms with Gasteiger partial charge in [-0.1, -0.05) is 46.4 Å². The van der Waals surface area contributed by atoms with E-state index in [4.69, 9.17) is 61.7 Å². The van der Waals surface area contributed by atoms with Crippen molar-refractivity contribution in [1.29, 1.82) is 0 Å². The van der Waals surface area contributed by atoms with Crippen LogP contribution in [0.5, 0.6) is 0 Å². The standard InChI is InChI=1S/C12H7Cl4N.HNO3/c13-7-1-3-11(9(15)5-7)17-12-4-2-8(14)6-10(12)16;2-1(3)4/h1-6,17H;(H,2,3,4). The molecule has 0 bridgehead atoms. The van der Waals surface area contributed by atoms with E-state index < -0.39 is 5.09 Å². The molecule has 9 heteroatoms. The largest absolute Gasteiger partial charge is 0.353 e. The lowest BCUT2D eigenvalue weighted by Gasteiger charge is -2.10. The highest BCUT2D eigenvalue weighted by Gasteiger charge is 2.05. The second-order valence-electron chi connectivity index (χ2n) is 3.61. The monoisotopic (exact) mass is 368 g/mol. The summed E-state index contributed by atoms with van der Waals surface area (Å²) in [7, 11) is 0. The normalized spacial score (nSPS) is 9.52. The van der Waals surface area contributed by atoms with E-state index in [9.17, 15) is 0 Å². The van der Waals surface area contributed by atoms with Crippen LogP contribution in [0.2, 0.25) is 20.1 Å². The zero-order valence-corrected chi connectivity index (χ0v) is 13.2. The van der Waals surface area contributed by atoms with Crippen LogP contribution in [0, 0.1) is 10.1 Å². The summed E-state index contributed by atoms with van der Waals surface area (Å²) in [5.74, 6) is 0. The minimum Gasteiger partial charge on any atom is -0.353 e. The Morgan fingerprint density at radius 2 is 1.24 bits per heavy atom. The van der Waals surface area contributed by atoms with Crippen molar-refractivity contribution in [2.75, 3.05) is 5.32 Å². The van der Waals surface area contributed by atoms with E-state index in [1.807, 2.05) is 0 Å². The van der Waals surface area contributed by atoms with Crippen LogP contribution in [0.3, 0.4) is 0 Å². The highest BCUT2D eigenvalue weighted by Crippen LogP contribution is 2.32. The molecule has 0 radical (unpaired) electrons. The number of benzene rings is 2. The fourth-order valence-corrected chi connectivity index (χ4v) is 2.24. The van der Waals surface area contributed by atoms with Crippen LogP contribution >= 0.6 is 46.4 Å². The van der Waals surface area contributed by atoms with Gasteiger partial charge in [-0.05, 0) is 36.4 Å². The fraction of sp³-hybridized carbons (Fsp3) is 0. The topological polar surface area (TPSA) is 75.4 Å². The summed E-state index contributed by atoms with van der Waals surface area (Å²) in [5, 5.41) is 19.0. The third-order valence-electron chi connectivity index (χ3n) is 2.13. The second kappa shape index (κ2) is 8.14. The first-order valence-corrected chi connectivity index (χ1v) is 6.81. The molecule has 0 aliphatic carbocycles. The van der Waals surface area contributed by atoms with E-state index in [1.54, 1.807) is 36.4 Å². The van der Waals surface area contributed by atoms with Crippen molar-refractivity contribution in [1.82, 2.24) is 0 Å². The Balaban J connectivity index is 0.000000491. The Morgan fingerprint density at radius 1 is 0.905 bits per heavy atom. The highest BCUT2D eigenvalue weighted by molar-refractivity contribution is 6.37. The summed E-state index contributed by atoms with van der Waals surface area (Å²) >= 11 is 23.7. The fourth-order valence-electron chi connectivity index (χ4n) is 1.33. The Labute approximate surface area is 140 Å².